The van der Waals surface area contributed by atoms with E-state index in [2.05, 4.69) is 6.07 Å². The number of phenolic OH excluding ortho intramolecular Hbond substituents is 1. The molecular formula is C17H21ClN2O3S. The van der Waals surface area contributed by atoms with Gasteiger partial charge in [-0.25, -0.2) is 0 Å². The Morgan fingerprint density at radius 2 is 2.21 bits per heavy atom. The Morgan fingerprint density at radius 1 is 1.42 bits per heavy atom. The maximum Gasteiger partial charge on any atom is 0.224 e. The van der Waals surface area contributed by atoms with Crippen molar-refractivity contribution in [3.8, 4) is 21.9 Å². The summed E-state index contributed by atoms with van der Waals surface area (Å²) in [6.45, 7) is 3.69. The van der Waals surface area contributed by atoms with Crippen LogP contribution in [0.25, 0.3) is 10.4 Å². The van der Waals surface area contributed by atoms with Crippen molar-refractivity contribution in [2.24, 2.45) is 5.73 Å². The fourth-order valence-electron chi connectivity index (χ4n) is 2.73. The van der Waals surface area contributed by atoms with Crippen LogP contribution in [0, 0.1) is 6.92 Å². The summed E-state index contributed by atoms with van der Waals surface area (Å²) in [5.41, 5.74) is 7.25. The van der Waals surface area contributed by atoms with E-state index < -0.39 is 0 Å². The Labute approximate surface area is 151 Å². The molecule has 130 valence electrons. The Bertz CT molecular complexity index is 733. The number of thiophene rings is 1. The molecule has 1 aromatic heterocycles. The lowest BCUT2D eigenvalue weighted by Crippen LogP contribution is -2.33. The van der Waals surface area contributed by atoms with Gasteiger partial charge in [-0.2, -0.15) is 0 Å². The third-order valence-corrected chi connectivity index (χ3v) is 4.90. The fourth-order valence-corrected chi connectivity index (χ4v) is 3.58. The SMILES string of the molecule is Cc1ccc(-c2cc(O)c3c(c2)CN(C(=O)CCN)CCO3)s1.Cl. The zero-order valence-corrected chi connectivity index (χ0v) is 15.1. The minimum atomic E-state index is 0. The van der Waals surface area contributed by atoms with Crippen LogP contribution in [0.15, 0.2) is 24.3 Å². The number of benzene rings is 1. The molecule has 0 saturated heterocycles. The van der Waals surface area contributed by atoms with Gasteiger partial charge in [0.25, 0.3) is 0 Å². The highest BCUT2D eigenvalue weighted by atomic mass is 35.5. The maximum absolute atomic E-state index is 12.1. The van der Waals surface area contributed by atoms with Gasteiger partial charge in [0.1, 0.15) is 6.61 Å². The van der Waals surface area contributed by atoms with E-state index in [1.807, 2.05) is 19.1 Å². The van der Waals surface area contributed by atoms with E-state index in [1.165, 1.54) is 4.88 Å². The molecule has 0 fully saturated rings. The van der Waals surface area contributed by atoms with Crippen LogP contribution in [0.4, 0.5) is 0 Å². The average molecular weight is 369 g/mol. The van der Waals surface area contributed by atoms with E-state index in [0.29, 0.717) is 38.4 Å². The van der Waals surface area contributed by atoms with Gasteiger partial charge >= 0.3 is 0 Å². The number of aryl methyl sites for hydroxylation is 1. The molecule has 0 atom stereocenters. The Balaban J connectivity index is 0.00000208. The summed E-state index contributed by atoms with van der Waals surface area (Å²) in [4.78, 5) is 16.2. The van der Waals surface area contributed by atoms with Crippen molar-refractivity contribution in [2.75, 3.05) is 19.7 Å². The molecule has 7 heteroatoms. The molecule has 1 aromatic carbocycles. The first-order valence-corrected chi connectivity index (χ1v) is 8.43. The summed E-state index contributed by atoms with van der Waals surface area (Å²) in [6, 6.07) is 7.81. The van der Waals surface area contributed by atoms with Crippen molar-refractivity contribution >= 4 is 29.7 Å². The van der Waals surface area contributed by atoms with Crippen molar-refractivity contribution < 1.29 is 14.6 Å². The second-order valence-corrected chi connectivity index (χ2v) is 6.88. The molecule has 1 aliphatic heterocycles. The molecular weight excluding hydrogens is 348 g/mol. The van der Waals surface area contributed by atoms with Crippen LogP contribution >= 0.6 is 23.7 Å². The molecule has 0 spiro atoms. The molecule has 3 N–H and O–H groups in total. The van der Waals surface area contributed by atoms with E-state index in [0.717, 1.165) is 16.0 Å². The molecule has 1 amide bonds. The highest BCUT2D eigenvalue weighted by molar-refractivity contribution is 7.15. The molecule has 0 aliphatic carbocycles. The number of halogens is 1. The average Bonchev–Trinajstić information content (AvgIpc) is 2.82. The number of nitrogens with zero attached hydrogens (tertiary/aromatic N) is 1. The standard InChI is InChI=1S/C17H20N2O3S.ClH/c1-11-2-3-15(23-11)12-8-13-10-19(16(21)4-5-18)6-7-22-17(13)14(20)9-12;/h2-3,8-9,20H,4-7,10,18H2,1H3;1H. The fraction of sp³-hybridized carbons (Fsp3) is 0.353. The van der Waals surface area contributed by atoms with Gasteiger partial charge < -0.3 is 20.5 Å². The van der Waals surface area contributed by atoms with Gasteiger partial charge in [-0.05, 0) is 36.8 Å². The second-order valence-electron chi connectivity index (χ2n) is 5.60. The minimum absolute atomic E-state index is 0. The van der Waals surface area contributed by atoms with Crippen LogP contribution in [0.1, 0.15) is 16.9 Å². The lowest BCUT2D eigenvalue weighted by atomic mass is 10.1. The van der Waals surface area contributed by atoms with Crippen LogP contribution in [0.5, 0.6) is 11.5 Å². The monoisotopic (exact) mass is 368 g/mol. The van der Waals surface area contributed by atoms with Crippen LogP contribution in [0.2, 0.25) is 0 Å². The summed E-state index contributed by atoms with van der Waals surface area (Å²) in [6.07, 6.45) is 0.325. The molecule has 0 radical (unpaired) electrons. The molecule has 1 aliphatic rings. The van der Waals surface area contributed by atoms with Crippen molar-refractivity contribution in [3.05, 3.63) is 34.7 Å². The highest BCUT2D eigenvalue weighted by Gasteiger charge is 2.22. The summed E-state index contributed by atoms with van der Waals surface area (Å²) >= 11 is 1.67. The van der Waals surface area contributed by atoms with Crippen molar-refractivity contribution in [2.45, 2.75) is 19.9 Å². The number of ether oxygens (including phenoxy) is 1. The van der Waals surface area contributed by atoms with Crippen LogP contribution in [-0.2, 0) is 11.3 Å². The number of nitrogens with two attached hydrogens (primary N) is 1. The van der Waals surface area contributed by atoms with Gasteiger partial charge in [0, 0.05) is 34.8 Å². The number of phenols is 1. The van der Waals surface area contributed by atoms with Crippen LogP contribution in [0.3, 0.4) is 0 Å². The number of hydrogen-bond donors (Lipinski definition) is 2. The van der Waals surface area contributed by atoms with Crippen molar-refractivity contribution in [3.63, 3.8) is 0 Å². The summed E-state index contributed by atoms with van der Waals surface area (Å²) in [5, 5.41) is 10.3. The highest BCUT2D eigenvalue weighted by Crippen LogP contribution is 2.39. The van der Waals surface area contributed by atoms with Gasteiger partial charge in [0.15, 0.2) is 11.5 Å². The largest absolute Gasteiger partial charge is 0.504 e. The first-order valence-electron chi connectivity index (χ1n) is 7.62. The Hall–Kier alpha value is -1.76. The second kappa shape index (κ2) is 7.88. The molecule has 0 saturated carbocycles. The maximum atomic E-state index is 12.1. The van der Waals surface area contributed by atoms with E-state index in [9.17, 15) is 9.90 Å². The third-order valence-electron chi connectivity index (χ3n) is 3.85. The molecule has 0 unspecified atom stereocenters. The first-order chi connectivity index (χ1) is 11.1. The van der Waals surface area contributed by atoms with Crippen LogP contribution in [-0.4, -0.2) is 35.6 Å². The van der Waals surface area contributed by atoms with Gasteiger partial charge in [-0.1, -0.05) is 0 Å². The molecule has 3 rings (SSSR count). The Kier molecular flexibility index (Phi) is 6.10. The van der Waals surface area contributed by atoms with E-state index >= 15 is 0 Å². The number of fused-ring (bicyclic) bond motifs is 1. The third kappa shape index (κ3) is 3.83. The first kappa shape index (κ1) is 18.6. The minimum Gasteiger partial charge on any atom is -0.504 e. The quantitative estimate of drug-likeness (QED) is 0.873. The van der Waals surface area contributed by atoms with E-state index in [-0.39, 0.29) is 24.1 Å². The number of aromatic hydroxyl groups is 1. The summed E-state index contributed by atoms with van der Waals surface area (Å²) < 4.78 is 5.66. The normalized spacial score (nSPS) is 13.5. The van der Waals surface area contributed by atoms with Crippen molar-refractivity contribution in [1.29, 1.82) is 0 Å². The topological polar surface area (TPSA) is 75.8 Å². The molecule has 0 bridgehead atoms. The van der Waals surface area contributed by atoms with Gasteiger partial charge in [-0.3, -0.25) is 4.79 Å². The predicted octanol–water partition coefficient (Wildman–Crippen LogP) is 2.92. The summed E-state index contributed by atoms with van der Waals surface area (Å²) in [5.74, 6) is 0.613. The molecule has 2 aromatic rings. The van der Waals surface area contributed by atoms with Gasteiger partial charge in [-0.15, -0.1) is 23.7 Å². The predicted molar refractivity (Wildman–Crippen MR) is 98.0 cm³/mol. The number of amides is 1. The van der Waals surface area contributed by atoms with Gasteiger partial charge in [0.2, 0.25) is 5.91 Å². The van der Waals surface area contributed by atoms with E-state index in [4.69, 9.17) is 10.5 Å². The lowest BCUT2D eigenvalue weighted by molar-refractivity contribution is -0.131. The molecule has 24 heavy (non-hydrogen) atoms. The zero-order valence-electron chi connectivity index (χ0n) is 13.4. The zero-order chi connectivity index (χ0) is 16.4. The van der Waals surface area contributed by atoms with E-state index in [1.54, 1.807) is 22.3 Å². The lowest BCUT2D eigenvalue weighted by Gasteiger charge is -2.19. The molecule has 2 heterocycles. The summed E-state index contributed by atoms with van der Waals surface area (Å²) in [7, 11) is 0. The molecule has 5 nitrogen and oxygen atoms in total. The smallest absolute Gasteiger partial charge is 0.224 e. The van der Waals surface area contributed by atoms with Crippen molar-refractivity contribution in [1.82, 2.24) is 4.90 Å². The number of carbonyl (C=O) groups is 1. The number of rotatable bonds is 3. The van der Waals surface area contributed by atoms with Crippen LogP contribution < -0.4 is 10.5 Å². The number of hydrogen-bond acceptors (Lipinski definition) is 5. The van der Waals surface area contributed by atoms with Gasteiger partial charge in [0.05, 0.1) is 6.54 Å². The Morgan fingerprint density at radius 3 is 2.88 bits per heavy atom. The number of carbonyl (C=O) groups excluding carboxylic acids is 1.